The molecule has 3 aromatic carbocycles. The van der Waals surface area contributed by atoms with Gasteiger partial charge in [-0.25, -0.2) is 0 Å². The van der Waals surface area contributed by atoms with Crippen LogP contribution in [0.4, 0.5) is 0 Å². The molecule has 4 atom stereocenters. The molecule has 1 saturated heterocycles. The molecule has 1 unspecified atom stereocenters. The van der Waals surface area contributed by atoms with Gasteiger partial charge in [0.05, 0.1) is 0 Å². The molecule has 3 heteroatoms. The summed E-state index contributed by atoms with van der Waals surface area (Å²) in [5.41, 5.74) is 6.76. The molecule has 0 N–H and O–H groups in total. The fourth-order valence-electron chi connectivity index (χ4n) is 5.98. The van der Waals surface area contributed by atoms with Crippen molar-refractivity contribution in [3.63, 3.8) is 0 Å². The molecule has 2 aliphatic rings. The third kappa shape index (κ3) is 4.21. The summed E-state index contributed by atoms with van der Waals surface area (Å²) in [7, 11) is 0. The van der Waals surface area contributed by atoms with Gasteiger partial charge in [-0.15, -0.1) is 0 Å². The van der Waals surface area contributed by atoms with Crippen molar-refractivity contribution in [1.82, 2.24) is 4.90 Å². The number of nitrogens with zero attached hydrogens (tertiary/aromatic N) is 1. The summed E-state index contributed by atoms with van der Waals surface area (Å²) in [6.45, 7) is 8.81. The molecule has 1 nitrogen and oxygen atoms in total. The molecule has 1 saturated carbocycles. The number of allylic oxidation sites excluding steroid dienone is 1. The largest absolute Gasteiger partial charge is 0.370 e. The van der Waals surface area contributed by atoms with E-state index in [4.69, 9.17) is 23.2 Å². The number of aryl methyl sites for hydroxylation is 1. The Hall–Kier alpha value is -2.22. The van der Waals surface area contributed by atoms with Gasteiger partial charge in [0.25, 0.3) is 0 Å². The van der Waals surface area contributed by atoms with E-state index in [0.717, 1.165) is 29.6 Å². The highest BCUT2D eigenvalue weighted by atomic mass is 35.5. The first-order chi connectivity index (χ1) is 15.5. The summed E-state index contributed by atoms with van der Waals surface area (Å²) in [4.78, 5) is 2.51. The van der Waals surface area contributed by atoms with Crippen LogP contribution in [0.3, 0.4) is 0 Å². The Labute approximate surface area is 201 Å². The van der Waals surface area contributed by atoms with Gasteiger partial charge in [-0.3, -0.25) is 0 Å². The average molecular weight is 462 g/mol. The predicted octanol–water partition coefficient (Wildman–Crippen LogP) is 8.22. The topological polar surface area (TPSA) is 3.24 Å². The number of fused-ring (bicyclic) bond motifs is 1. The first kappa shape index (κ1) is 21.6. The average Bonchev–Trinajstić information content (AvgIpc) is 3.09. The molecule has 1 aliphatic heterocycles. The van der Waals surface area contributed by atoms with Crippen LogP contribution in [0.5, 0.6) is 0 Å². The van der Waals surface area contributed by atoms with E-state index in [1.54, 1.807) is 0 Å². The summed E-state index contributed by atoms with van der Waals surface area (Å²) in [5, 5.41) is 1.60. The number of hydrogen-bond donors (Lipinski definition) is 0. The second kappa shape index (κ2) is 8.96. The van der Waals surface area contributed by atoms with Crippen molar-refractivity contribution >= 4 is 23.2 Å². The Morgan fingerprint density at radius 3 is 2.28 bits per heavy atom. The van der Waals surface area contributed by atoms with Crippen LogP contribution in [0.1, 0.15) is 46.9 Å². The Morgan fingerprint density at radius 1 is 0.844 bits per heavy atom. The summed E-state index contributed by atoms with van der Waals surface area (Å²) >= 11 is 12.5. The summed E-state index contributed by atoms with van der Waals surface area (Å²) in [5.74, 6) is 2.08. The highest BCUT2D eigenvalue weighted by Gasteiger charge is 2.45. The van der Waals surface area contributed by atoms with Gasteiger partial charge in [-0.1, -0.05) is 78.3 Å². The summed E-state index contributed by atoms with van der Waals surface area (Å²) < 4.78 is 0. The smallest absolute Gasteiger partial charge is 0.0426 e. The van der Waals surface area contributed by atoms with Gasteiger partial charge in [0.2, 0.25) is 0 Å². The minimum absolute atomic E-state index is 0.446. The minimum atomic E-state index is 0.446. The van der Waals surface area contributed by atoms with Crippen LogP contribution in [-0.4, -0.2) is 11.4 Å². The van der Waals surface area contributed by atoms with E-state index in [-0.39, 0.29) is 0 Å². The van der Waals surface area contributed by atoms with E-state index >= 15 is 0 Å². The zero-order chi connectivity index (χ0) is 22.2. The number of benzene rings is 3. The zero-order valence-corrected chi connectivity index (χ0v) is 20.0. The van der Waals surface area contributed by atoms with Gasteiger partial charge in [0.1, 0.15) is 0 Å². The second-order valence-corrected chi connectivity index (χ2v) is 10.3. The summed E-state index contributed by atoms with van der Waals surface area (Å²) in [6.07, 6.45) is 2.30. The van der Waals surface area contributed by atoms with Crippen molar-refractivity contribution in [2.45, 2.75) is 38.1 Å². The monoisotopic (exact) mass is 461 g/mol. The minimum Gasteiger partial charge on any atom is -0.370 e. The zero-order valence-electron chi connectivity index (χ0n) is 18.5. The number of hydrogen-bond acceptors (Lipinski definition) is 1. The molecule has 5 rings (SSSR count). The molecule has 164 valence electrons. The van der Waals surface area contributed by atoms with E-state index in [1.807, 2.05) is 18.2 Å². The van der Waals surface area contributed by atoms with Crippen LogP contribution in [0.25, 0.3) is 0 Å². The molecule has 3 aromatic rings. The quantitative estimate of drug-likeness (QED) is 0.378. The van der Waals surface area contributed by atoms with Crippen LogP contribution < -0.4 is 0 Å². The van der Waals surface area contributed by atoms with Crippen LogP contribution in [0.2, 0.25) is 10.0 Å². The first-order valence-corrected chi connectivity index (χ1v) is 12.2. The highest BCUT2D eigenvalue weighted by molar-refractivity contribution is 6.30. The lowest BCUT2D eigenvalue weighted by Crippen LogP contribution is -2.28. The molecule has 0 bridgehead atoms. The lowest BCUT2D eigenvalue weighted by molar-refractivity contribution is 0.246. The van der Waals surface area contributed by atoms with Crippen LogP contribution in [0.15, 0.2) is 85.1 Å². The van der Waals surface area contributed by atoms with Crippen LogP contribution >= 0.6 is 23.2 Å². The van der Waals surface area contributed by atoms with Gasteiger partial charge >= 0.3 is 0 Å². The van der Waals surface area contributed by atoms with E-state index in [0.29, 0.717) is 23.7 Å². The SMILES string of the molecule is C=C1[C@H]2CC(c3ccc(Cl)cc3)[C@@H](c3ccc(Cl)cc3C)C[C@H]2CN1Cc1ccccc1. The van der Waals surface area contributed by atoms with Crippen molar-refractivity contribution in [2.75, 3.05) is 6.54 Å². The molecule has 0 spiro atoms. The lowest BCUT2D eigenvalue weighted by Gasteiger charge is -2.39. The predicted molar refractivity (Wildman–Crippen MR) is 135 cm³/mol. The maximum Gasteiger partial charge on any atom is 0.0426 e. The molecule has 0 amide bonds. The van der Waals surface area contributed by atoms with Crippen molar-refractivity contribution in [3.05, 3.63) is 117 Å². The molecule has 32 heavy (non-hydrogen) atoms. The van der Waals surface area contributed by atoms with Crippen LogP contribution in [0, 0.1) is 18.8 Å². The van der Waals surface area contributed by atoms with E-state index < -0.39 is 0 Å². The maximum atomic E-state index is 6.30. The van der Waals surface area contributed by atoms with Gasteiger partial charge in [-0.2, -0.15) is 0 Å². The molecular formula is C29H29Cl2N. The Balaban J connectivity index is 1.47. The Bertz CT molecular complexity index is 1110. The molecule has 0 radical (unpaired) electrons. The number of rotatable bonds is 4. The molecule has 1 aliphatic carbocycles. The molecule has 1 heterocycles. The normalized spacial score (nSPS) is 25.1. The van der Waals surface area contributed by atoms with Crippen molar-refractivity contribution in [2.24, 2.45) is 11.8 Å². The first-order valence-electron chi connectivity index (χ1n) is 11.5. The van der Waals surface area contributed by atoms with E-state index in [2.05, 4.69) is 73.0 Å². The van der Waals surface area contributed by atoms with Gasteiger partial charge in [-0.05, 0) is 84.0 Å². The molecule has 2 fully saturated rings. The third-order valence-electron chi connectivity index (χ3n) is 7.55. The van der Waals surface area contributed by atoms with Crippen molar-refractivity contribution in [1.29, 1.82) is 0 Å². The lowest BCUT2D eigenvalue weighted by atomic mass is 9.64. The fraction of sp³-hybridized carbons (Fsp3) is 0.310. The van der Waals surface area contributed by atoms with Gasteiger partial charge < -0.3 is 4.90 Å². The number of halogens is 2. The standard InChI is InChI=1S/C29H29Cl2N/c1-19-14-25(31)12-13-26(19)29-15-23-18-32(17-21-6-4-3-5-7-21)20(2)27(23)16-28(29)22-8-10-24(30)11-9-22/h3-14,23,27-29H,2,15-18H2,1H3/t23-,27+,28?,29+/m0/s1. The van der Waals surface area contributed by atoms with Crippen molar-refractivity contribution < 1.29 is 0 Å². The maximum absolute atomic E-state index is 6.30. The summed E-state index contributed by atoms with van der Waals surface area (Å²) in [6, 6.07) is 25.6. The van der Waals surface area contributed by atoms with E-state index in [9.17, 15) is 0 Å². The molecule has 0 aromatic heterocycles. The van der Waals surface area contributed by atoms with Gasteiger partial charge in [0.15, 0.2) is 0 Å². The van der Waals surface area contributed by atoms with E-state index in [1.165, 1.54) is 34.4 Å². The Morgan fingerprint density at radius 2 is 1.56 bits per heavy atom. The Kier molecular flexibility index (Phi) is 6.05. The fourth-order valence-corrected chi connectivity index (χ4v) is 6.33. The third-order valence-corrected chi connectivity index (χ3v) is 8.04. The number of likely N-dealkylation sites (tertiary alicyclic amines) is 1. The van der Waals surface area contributed by atoms with Crippen LogP contribution in [-0.2, 0) is 6.54 Å². The second-order valence-electron chi connectivity index (χ2n) is 9.46. The molecular weight excluding hydrogens is 433 g/mol. The van der Waals surface area contributed by atoms with Crippen molar-refractivity contribution in [3.8, 4) is 0 Å². The van der Waals surface area contributed by atoms with Gasteiger partial charge in [0, 0.05) is 34.7 Å². The highest BCUT2D eigenvalue weighted by Crippen LogP contribution is 2.54.